The lowest BCUT2D eigenvalue weighted by Gasteiger charge is -2.35. The van der Waals surface area contributed by atoms with Crippen LogP contribution in [0.3, 0.4) is 0 Å². The first-order chi connectivity index (χ1) is 9.41. The summed E-state index contributed by atoms with van der Waals surface area (Å²) in [5.74, 6) is -0.207. The molecule has 1 aliphatic carbocycles. The first kappa shape index (κ1) is 15.4. The maximum Gasteiger partial charge on any atom is 0.254 e. The zero-order valence-corrected chi connectivity index (χ0v) is 12.8. The van der Waals surface area contributed by atoms with Crippen LogP contribution in [-0.2, 0) is 0 Å². The van der Waals surface area contributed by atoms with E-state index >= 15 is 0 Å². The first-order valence-electron chi connectivity index (χ1n) is 6.61. The van der Waals surface area contributed by atoms with Gasteiger partial charge >= 0.3 is 0 Å². The smallest absolute Gasteiger partial charge is 0.254 e. The van der Waals surface area contributed by atoms with Crippen molar-refractivity contribution in [3.63, 3.8) is 0 Å². The second-order valence-electron chi connectivity index (χ2n) is 5.20. The molecule has 1 aromatic rings. The molecule has 2 rings (SSSR count). The number of aliphatic hydroxyl groups excluding tert-OH is 1. The normalized spacial score (nSPS) is 22.6. The van der Waals surface area contributed by atoms with Crippen molar-refractivity contribution in [1.82, 2.24) is 4.90 Å². The molecule has 2 atom stereocenters. The molecular formula is C14H18Cl2N2O2. The standard InChI is InChI=1S/C14H18Cl2N2O2/c1-18(11-4-2-3-5-12(11)19)14(20)8-6-9(15)13(16)10(17)7-8/h6-7,11-12,19H,2-5,17H2,1H3. The quantitative estimate of drug-likeness (QED) is 0.824. The fraction of sp³-hybridized carbons (Fsp3) is 0.500. The van der Waals surface area contributed by atoms with E-state index in [4.69, 9.17) is 28.9 Å². The Morgan fingerprint density at radius 1 is 1.35 bits per heavy atom. The van der Waals surface area contributed by atoms with Crippen molar-refractivity contribution in [3.8, 4) is 0 Å². The Bertz CT molecular complexity index is 499. The number of hydrogen-bond donors (Lipinski definition) is 2. The van der Waals surface area contributed by atoms with E-state index < -0.39 is 6.10 Å². The van der Waals surface area contributed by atoms with Crippen molar-refractivity contribution in [2.24, 2.45) is 0 Å². The predicted octanol–water partition coefficient (Wildman–Crippen LogP) is 2.95. The van der Waals surface area contributed by atoms with Gasteiger partial charge in [0.15, 0.2) is 0 Å². The Morgan fingerprint density at radius 2 is 2.00 bits per heavy atom. The van der Waals surface area contributed by atoms with Crippen molar-refractivity contribution in [2.45, 2.75) is 37.8 Å². The van der Waals surface area contributed by atoms with Gasteiger partial charge in [-0.25, -0.2) is 0 Å². The fourth-order valence-electron chi connectivity index (χ4n) is 2.63. The minimum absolute atomic E-state index is 0.160. The molecule has 0 bridgehead atoms. The molecule has 110 valence electrons. The van der Waals surface area contributed by atoms with E-state index in [9.17, 15) is 9.90 Å². The van der Waals surface area contributed by atoms with Gasteiger partial charge in [-0.3, -0.25) is 4.79 Å². The molecule has 0 heterocycles. The van der Waals surface area contributed by atoms with Gasteiger partial charge in [-0.05, 0) is 25.0 Å². The molecule has 0 spiro atoms. The Labute approximate surface area is 128 Å². The number of hydrogen-bond acceptors (Lipinski definition) is 3. The van der Waals surface area contributed by atoms with Crippen LogP contribution >= 0.6 is 23.2 Å². The van der Waals surface area contributed by atoms with E-state index in [-0.39, 0.29) is 27.7 Å². The lowest BCUT2D eigenvalue weighted by atomic mass is 9.91. The van der Waals surface area contributed by atoms with Crippen LogP contribution in [0.25, 0.3) is 0 Å². The van der Waals surface area contributed by atoms with Crippen LogP contribution in [0, 0.1) is 0 Å². The van der Waals surface area contributed by atoms with Gasteiger partial charge in [-0.2, -0.15) is 0 Å². The van der Waals surface area contributed by atoms with E-state index in [1.807, 2.05) is 0 Å². The average molecular weight is 317 g/mol. The van der Waals surface area contributed by atoms with Gasteiger partial charge in [0.2, 0.25) is 0 Å². The molecule has 6 heteroatoms. The van der Waals surface area contributed by atoms with E-state index in [0.29, 0.717) is 5.56 Å². The maximum absolute atomic E-state index is 12.5. The lowest BCUT2D eigenvalue weighted by Crippen LogP contribution is -2.46. The van der Waals surface area contributed by atoms with Gasteiger partial charge in [0.25, 0.3) is 5.91 Å². The van der Waals surface area contributed by atoms with Gasteiger partial charge in [0.1, 0.15) is 0 Å². The number of benzene rings is 1. The largest absolute Gasteiger partial charge is 0.397 e. The van der Waals surface area contributed by atoms with E-state index in [0.717, 1.165) is 25.7 Å². The van der Waals surface area contributed by atoms with Gasteiger partial charge in [-0.1, -0.05) is 36.0 Å². The van der Waals surface area contributed by atoms with Gasteiger partial charge in [0.05, 0.1) is 27.9 Å². The van der Waals surface area contributed by atoms with Crippen molar-refractivity contribution >= 4 is 34.8 Å². The van der Waals surface area contributed by atoms with Gasteiger partial charge in [-0.15, -0.1) is 0 Å². The highest BCUT2D eigenvalue weighted by atomic mass is 35.5. The van der Waals surface area contributed by atoms with Crippen LogP contribution in [-0.4, -0.2) is 35.1 Å². The van der Waals surface area contributed by atoms with Crippen molar-refractivity contribution < 1.29 is 9.90 Å². The molecule has 0 aliphatic heterocycles. The summed E-state index contributed by atoms with van der Waals surface area (Å²) < 4.78 is 0. The molecule has 1 saturated carbocycles. The lowest BCUT2D eigenvalue weighted by molar-refractivity contribution is 0.0268. The van der Waals surface area contributed by atoms with Gasteiger partial charge in [0, 0.05) is 12.6 Å². The third-order valence-electron chi connectivity index (χ3n) is 3.82. The number of nitrogens with zero attached hydrogens (tertiary/aromatic N) is 1. The van der Waals surface area contributed by atoms with Crippen molar-refractivity contribution in [2.75, 3.05) is 12.8 Å². The zero-order valence-electron chi connectivity index (χ0n) is 11.3. The fourth-order valence-corrected chi connectivity index (χ4v) is 2.97. The van der Waals surface area contributed by atoms with Crippen molar-refractivity contribution in [1.29, 1.82) is 0 Å². The summed E-state index contributed by atoms with van der Waals surface area (Å²) in [5, 5.41) is 10.5. The number of amides is 1. The minimum atomic E-state index is -0.474. The molecule has 1 aromatic carbocycles. The van der Waals surface area contributed by atoms with Gasteiger partial charge < -0.3 is 15.7 Å². The number of nitrogen functional groups attached to an aromatic ring is 1. The Morgan fingerprint density at radius 3 is 2.60 bits per heavy atom. The predicted molar refractivity (Wildman–Crippen MR) is 81.2 cm³/mol. The summed E-state index contributed by atoms with van der Waals surface area (Å²) in [6.45, 7) is 0. The molecule has 3 N–H and O–H groups in total. The van der Waals surface area contributed by atoms with E-state index in [1.165, 1.54) is 12.1 Å². The topological polar surface area (TPSA) is 66.6 Å². The molecule has 2 unspecified atom stereocenters. The molecule has 1 aliphatic rings. The third-order valence-corrected chi connectivity index (χ3v) is 4.63. The molecule has 1 fully saturated rings. The summed E-state index contributed by atoms with van der Waals surface area (Å²) in [4.78, 5) is 14.0. The number of carbonyl (C=O) groups is 1. The highest BCUT2D eigenvalue weighted by Crippen LogP contribution is 2.30. The van der Waals surface area contributed by atoms with Crippen LogP contribution in [0.5, 0.6) is 0 Å². The molecule has 20 heavy (non-hydrogen) atoms. The Balaban J connectivity index is 2.22. The monoisotopic (exact) mass is 316 g/mol. The zero-order chi connectivity index (χ0) is 14.9. The average Bonchev–Trinajstić information content (AvgIpc) is 2.43. The number of rotatable bonds is 2. The van der Waals surface area contributed by atoms with Crippen LogP contribution < -0.4 is 5.73 Å². The van der Waals surface area contributed by atoms with Crippen LogP contribution in [0.1, 0.15) is 36.0 Å². The molecule has 4 nitrogen and oxygen atoms in total. The van der Waals surface area contributed by atoms with Crippen molar-refractivity contribution in [3.05, 3.63) is 27.7 Å². The second-order valence-corrected chi connectivity index (χ2v) is 5.98. The highest BCUT2D eigenvalue weighted by Gasteiger charge is 2.30. The molecule has 0 aromatic heterocycles. The summed E-state index contributed by atoms with van der Waals surface area (Å²) in [6.07, 6.45) is 3.08. The highest BCUT2D eigenvalue weighted by molar-refractivity contribution is 6.43. The molecular weight excluding hydrogens is 299 g/mol. The number of anilines is 1. The summed E-state index contributed by atoms with van der Waals surface area (Å²) in [5.41, 5.74) is 6.39. The number of halogens is 2. The van der Waals surface area contributed by atoms with E-state index in [2.05, 4.69) is 0 Å². The Kier molecular flexibility index (Phi) is 4.78. The summed E-state index contributed by atoms with van der Waals surface area (Å²) in [6, 6.07) is 2.86. The number of likely N-dealkylation sites (N-methyl/N-ethyl adjacent to an activating group) is 1. The van der Waals surface area contributed by atoms with E-state index in [1.54, 1.807) is 11.9 Å². The Hall–Kier alpha value is -0.970. The third kappa shape index (κ3) is 3.03. The van der Waals surface area contributed by atoms with Crippen LogP contribution in [0.2, 0.25) is 10.0 Å². The number of nitrogens with two attached hydrogens (primary N) is 1. The summed E-state index contributed by atoms with van der Waals surface area (Å²) in [7, 11) is 1.69. The molecule has 0 saturated heterocycles. The minimum Gasteiger partial charge on any atom is -0.397 e. The second kappa shape index (κ2) is 6.20. The van der Waals surface area contributed by atoms with Crippen LogP contribution in [0.4, 0.5) is 5.69 Å². The molecule has 1 amide bonds. The SMILES string of the molecule is CN(C(=O)c1cc(N)c(Cl)c(Cl)c1)C1CCCCC1O. The van der Waals surface area contributed by atoms with Crippen LogP contribution in [0.15, 0.2) is 12.1 Å². The molecule has 0 radical (unpaired) electrons. The maximum atomic E-state index is 12.5. The summed E-state index contributed by atoms with van der Waals surface area (Å²) >= 11 is 11.8. The number of aliphatic hydroxyl groups is 1. The first-order valence-corrected chi connectivity index (χ1v) is 7.37. The number of carbonyl (C=O) groups excluding carboxylic acids is 1.